The zero-order valence-electron chi connectivity index (χ0n) is 18.1. The first-order chi connectivity index (χ1) is 15.3. The van der Waals surface area contributed by atoms with Gasteiger partial charge >= 0.3 is 0 Å². The van der Waals surface area contributed by atoms with E-state index < -0.39 is 5.60 Å². The summed E-state index contributed by atoms with van der Waals surface area (Å²) in [5, 5.41) is 11.8. The number of benzene rings is 3. The molecule has 2 heteroatoms. The first kappa shape index (κ1) is 21.4. The highest BCUT2D eigenvalue weighted by atomic mass is 16.3. The van der Waals surface area contributed by atoms with E-state index in [1.165, 1.54) is 31.2 Å². The maximum atomic E-state index is 11.8. The van der Waals surface area contributed by atoms with Gasteiger partial charge in [0.05, 0.1) is 6.54 Å². The molecule has 3 aromatic rings. The third-order valence-electron chi connectivity index (χ3n) is 6.19. The molecule has 2 nitrogen and oxygen atoms in total. The molecule has 0 unspecified atom stereocenters. The largest absolute Gasteiger partial charge is 0.379 e. The minimum absolute atomic E-state index is 0.384. The van der Waals surface area contributed by atoms with Crippen molar-refractivity contribution in [3.63, 3.8) is 0 Å². The minimum Gasteiger partial charge on any atom is -0.379 e. The van der Waals surface area contributed by atoms with Crippen LogP contribution in [0.3, 0.4) is 0 Å². The Kier molecular flexibility index (Phi) is 7.20. The molecule has 1 atom stereocenters. The first-order valence-corrected chi connectivity index (χ1v) is 11.4. The Morgan fingerprint density at radius 1 is 0.645 bits per heavy atom. The molecule has 1 N–H and O–H groups in total. The molecule has 0 radical (unpaired) electrons. The Morgan fingerprint density at radius 2 is 1.19 bits per heavy atom. The van der Waals surface area contributed by atoms with Crippen molar-refractivity contribution in [3.8, 4) is 23.0 Å². The van der Waals surface area contributed by atoms with Gasteiger partial charge in [-0.1, -0.05) is 110 Å². The van der Waals surface area contributed by atoms with E-state index in [1.807, 2.05) is 60.7 Å². The summed E-state index contributed by atoms with van der Waals surface area (Å²) < 4.78 is 0. The highest BCUT2D eigenvalue weighted by Gasteiger charge is 2.30. The molecular formula is C29H31NO. The normalized spacial score (nSPS) is 16.5. The van der Waals surface area contributed by atoms with Gasteiger partial charge in [-0.15, -0.1) is 0 Å². The van der Waals surface area contributed by atoms with Crippen LogP contribution in [-0.2, 0) is 5.60 Å². The van der Waals surface area contributed by atoms with Gasteiger partial charge in [0.25, 0.3) is 0 Å². The number of hydrogen-bond acceptors (Lipinski definition) is 2. The standard InChI is InChI=1S/C29H31NO/c31-29(27-15-7-4-8-16-27,21-9-12-24-30-22-10-1-2-11-23-30)28-19-17-26(18-20-28)25-13-5-3-6-14-25/h3-8,13-20,31H,1-2,10-11,21-24H2/t29-/m1/s1. The van der Waals surface area contributed by atoms with Gasteiger partial charge in [-0.3, -0.25) is 4.90 Å². The van der Waals surface area contributed by atoms with Crippen molar-refractivity contribution < 1.29 is 5.11 Å². The van der Waals surface area contributed by atoms with Gasteiger partial charge in [-0.25, -0.2) is 0 Å². The van der Waals surface area contributed by atoms with Crippen LogP contribution in [0.4, 0.5) is 0 Å². The van der Waals surface area contributed by atoms with Crippen molar-refractivity contribution in [2.75, 3.05) is 19.6 Å². The number of likely N-dealkylation sites (tertiary alicyclic amines) is 1. The lowest BCUT2D eigenvalue weighted by molar-refractivity contribution is 0.0865. The van der Waals surface area contributed by atoms with Crippen molar-refractivity contribution in [2.24, 2.45) is 0 Å². The van der Waals surface area contributed by atoms with Crippen LogP contribution in [0.5, 0.6) is 0 Å². The van der Waals surface area contributed by atoms with Gasteiger partial charge in [0.1, 0.15) is 5.60 Å². The summed E-state index contributed by atoms with van der Waals surface area (Å²) in [5.41, 5.74) is 2.96. The van der Waals surface area contributed by atoms with Crippen molar-refractivity contribution >= 4 is 0 Å². The highest BCUT2D eigenvalue weighted by Crippen LogP contribution is 2.34. The second kappa shape index (κ2) is 10.4. The molecule has 158 valence electrons. The quantitative estimate of drug-likeness (QED) is 0.534. The minimum atomic E-state index is -1.12. The lowest BCUT2D eigenvalue weighted by Gasteiger charge is -2.28. The Balaban J connectivity index is 1.55. The van der Waals surface area contributed by atoms with Crippen LogP contribution in [-0.4, -0.2) is 29.6 Å². The van der Waals surface area contributed by atoms with E-state index in [2.05, 4.69) is 41.0 Å². The van der Waals surface area contributed by atoms with Crippen molar-refractivity contribution in [1.29, 1.82) is 0 Å². The predicted octanol–water partition coefficient (Wildman–Crippen LogP) is 5.86. The Bertz CT molecular complexity index is 993. The monoisotopic (exact) mass is 409 g/mol. The molecule has 1 saturated heterocycles. The molecule has 1 aliphatic heterocycles. The van der Waals surface area contributed by atoms with Crippen LogP contribution < -0.4 is 0 Å². The molecule has 0 amide bonds. The molecule has 0 bridgehead atoms. The fourth-order valence-electron chi connectivity index (χ4n) is 4.31. The summed E-state index contributed by atoms with van der Waals surface area (Å²) >= 11 is 0. The first-order valence-electron chi connectivity index (χ1n) is 11.4. The van der Waals surface area contributed by atoms with Crippen LogP contribution in [0.2, 0.25) is 0 Å². The summed E-state index contributed by atoms with van der Waals surface area (Å²) in [5.74, 6) is 6.63. The molecule has 0 spiro atoms. The lowest BCUT2D eigenvalue weighted by atomic mass is 9.83. The predicted molar refractivity (Wildman–Crippen MR) is 129 cm³/mol. The SMILES string of the molecule is O[C@](CC#CCN1CCCCCC1)(c1ccccc1)c1ccc(-c2ccccc2)cc1. The van der Waals surface area contributed by atoms with Gasteiger partial charge in [0, 0.05) is 6.42 Å². The third-order valence-corrected chi connectivity index (χ3v) is 6.19. The highest BCUT2D eigenvalue weighted by molar-refractivity contribution is 5.64. The molecule has 0 aliphatic carbocycles. The van der Waals surface area contributed by atoms with E-state index in [-0.39, 0.29) is 0 Å². The molecule has 31 heavy (non-hydrogen) atoms. The Morgan fingerprint density at radius 3 is 1.84 bits per heavy atom. The molecule has 0 aromatic heterocycles. The van der Waals surface area contributed by atoms with Gasteiger partial charge in [-0.2, -0.15) is 0 Å². The Labute approximate surface area is 186 Å². The topological polar surface area (TPSA) is 23.5 Å². The molecule has 1 heterocycles. The average molecular weight is 410 g/mol. The van der Waals surface area contributed by atoms with E-state index in [9.17, 15) is 5.11 Å². The summed E-state index contributed by atoms with van der Waals surface area (Å²) in [6, 6.07) is 28.5. The molecule has 0 saturated carbocycles. The Hall–Kier alpha value is -2.86. The van der Waals surface area contributed by atoms with E-state index in [0.717, 1.165) is 36.3 Å². The zero-order chi connectivity index (χ0) is 21.4. The summed E-state index contributed by atoms with van der Waals surface area (Å²) in [7, 11) is 0. The second-order valence-corrected chi connectivity index (χ2v) is 8.39. The number of hydrogen-bond donors (Lipinski definition) is 1. The molecule has 1 aliphatic rings. The molecular weight excluding hydrogens is 378 g/mol. The lowest BCUT2D eigenvalue weighted by Crippen LogP contribution is -2.27. The van der Waals surface area contributed by atoms with Gasteiger partial charge in [0.2, 0.25) is 0 Å². The van der Waals surface area contributed by atoms with E-state index >= 15 is 0 Å². The van der Waals surface area contributed by atoms with E-state index in [0.29, 0.717) is 6.42 Å². The summed E-state index contributed by atoms with van der Waals surface area (Å²) in [4.78, 5) is 2.44. The fraction of sp³-hybridized carbons (Fsp3) is 0.310. The average Bonchev–Trinajstić information content (AvgIpc) is 3.12. The van der Waals surface area contributed by atoms with Crippen LogP contribution in [0.15, 0.2) is 84.9 Å². The fourth-order valence-corrected chi connectivity index (χ4v) is 4.31. The van der Waals surface area contributed by atoms with Crippen molar-refractivity contribution in [2.45, 2.75) is 37.7 Å². The van der Waals surface area contributed by atoms with E-state index in [4.69, 9.17) is 0 Å². The van der Waals surface area contributed by atoms with Crippen LogP contribution in [0, 0.1) is 11.8 Å². The second-order valence-electron chi connectivity index (χ2n) is 8.39. The van der Waals surface area contributed by atoms with Gasteiger partial charge in [-0.05, 0) is 48.2 Å². The van der Waals surface area contributed by atoms with E-state index in [1.54, 1.807) is 0 Å². The smallest absolute Gasteiger partial charge is 0.125 e. The third kappa shape index (κ3) is 5.44. The van der Waals surface area contributed by atoms with Gasteiger partial charge < -0.3 is 5.11 Å². The molecule has 1 fully saturated rings. The molecule has 3 aromatic carbocycles. The number of nitrogens with zero attached hydrogens (tertiary/aromatic N) is 1. The number of aliphatic hydroxyl groups is 1. The summed E-state index contributed by atoms with van der Waals surface area (Å²) in [6.45, 7) is 3.06. The van der Waals surface area contributed by atoms with Crippen LogP contribution in [0.1, 0.15) is 43.2 Å². The van der Waals surface area contributed by atoms with Crippen LogP contribution in [0.25, 0.3) is 11.1 Å². The zero-order valence-corrected chi connectivity index (χ0v) is 18.1. The molecule has 4 rings (SSSR count). The maximum Gasteiger partial charge on any atom is 0.125 e. The number of rotatable bonds is 5. The van der Waals surface area contributed by atoms with Gasteiger partial charge in [0.15, 0.2) is 0 Å². The van der Waals surface area contributed by atoms with Crippen molar-refractivity contribution in [3.05, 3.63) is 96.1 Å². The maximum absolute atomic E-state index is 11.8. The summed E-state index contributed by atoms with van der Waals surface area (Å²) in [6.07, 6.45) is 5.58. The van der Waals surface area contributed by atoms with Crippen molar-refractivity contribution in [1.82, 2.24) is 4.90 Å². The van der Waals surface area contributed by atoms with Crippen LogP contribution >= 0.6 is 0 Å².